The highest BCUT2D eigenvalue weighted by Gasteiger charge is 2.31. The Morgan fingerprint density at radius 2 is 1.76 bits per heavy atom. The van der Waals surface area contributed by atoms with Gasteiger partial charge in [-0.25, -0.2) is 18.1 Å². The second-order valence-corrected chi connectivity index (χ2v) is 13.8. The third-order valence-electron chi connectivity index (χ3n) is 9.97. The summed E-state index contributed by atoms with van der Waals surface area (Å²) >= 11 is 1.38. The molecule has 0 bridgehead atoms. The molecule has 2 aromatic carbocycles. The van der Waals surface area contributed by atoms with Crippen LogP contribution in [0.2, 0.25) is 0 Å². The van der Waals surface area contributed by atoms with Gasteiger partial charge in [-0.1, -0.05) is 25.6 Å². The molecule has 4 aliphatic heterocycles. The monoisotopic (exact) mass is 631 g/mol. The number of benzene rings is 2. The van der Waals surface area contributed by atoms with Gasteiger partial charge in [-0.2, -0.15) is 0 Å². The molecule has 45 heavy (non-hydrogen) atoms. The maximum Gasteiger partial charge on any atom is 0.157 e. The van der Waals surface area contributed by atoms with Gasteiger partial charge in [0.2, 0.25) is 0 Å². The first-order chi connectivity index (χ1) is 21.9. The molecule has 7 nitrogen and oxygen atoms in total. The van der Waals surface area contributed by atoms with Crippen LogP contribution in [0.1, 0.15) is 43.2 Å². The van der Waals surface area contributed by atoms with Crippen molar-refractivity contribution in [3.63, 3.8) is 0 Å². The Balaban J connectivity index is 1.04. The molecule has 1 aromatic heterocycles. The Labute approximate surface area is 269 Å². The summed E-state index contributed by atoms with van der Waals surface area (Å²) in [5, 5.41) is 6.78. The number of piperazine rings is 1. The van der Waals surface area contributed by atoms with E-state index in [0.29, 0.717) is 24.1 Å². The maximum absolute atomic E-state index is 15.8. The number of hydrogen-bond donors (Lipinski definition) is 3. The van der Waals surface area contributed by atoms with Gasteiger partial charge < -0.3 is 20.3 Å². The molecule has 0 spiro atoms. The number of anilines is 3. The topological polar surface area (TPSA) is 58.7 Å². The summed E-state index contributed by atoms with van der Waals surface area (Å²) in [5.41, 5.74) is 4.82. The molecule has 0 aliphatic carbocycles. The number of rotatable bonds is 8. The van der Waals surface area contributed by atoms with Gasteiger partial charge in [0.25, 0.3) is 0 Å². The summed E-state index contributed by atoms with van der Waals surface area (Å²) in [6.07, 6.45) is 5.39. The maximum atomic E-state index is 15.8. The predicted octanol–water partition coefficient (Wildman–Crippen LogP) is 6.44. The van der Waals surface area contributed by atoms with Crippen molar-refractivity contribution in [1.82, 2.24) is 19.5 Å². The molecule has 5 heterocycles. The molecule has 3 fully saturated rings. The molecule has 3 aromatic rings. The van der Waals surface area contributed by atoms with E-state index in [9.17, 15) is 0 Å². The molecule has 238 valence electrons. The standard InChI is InChI=1S/C35H43F2N7S/c1-23-9-16-44(22-23)45-41-32-8-7-31(36)33(34(32)37)24(2)30-21-40-35-29(30)19-26(20-39-35)25-3-5-27(6-4-25)42-14-10-28(11-15-42)43-17-12-38-13-18-43/h3-8,19-20,23,28,30,38,41H,2,9-18,21-22H2,1H3,(H,39,40). The van der Waals surface area contributed by atoms with Crippen molar-refractivity contribution in [3.8, 4) is 11.1 Å². The van der Waals surface area contributed by atoms with E-state index < -0.39 is 11.6 Å². The highest BCUT2D eigenvalue weighted by atomic mass is 32.2. The van der Waals surface area contributed by atoms with Gasteiger partial charge in [0.05, 0.1) is 11.3 Å². The molecular formula is C35H43F2N7S. The highest BCUT2D eigenvalue weighted by molar-refractivity contribution is 7.98. The van der Waals surface area contributed by atoms with Crippen molar-refractivity contribution in [2.45, 2.75) is 38.1 Å². The zero-order chi connectivity index (χ0) is 30.9. The lowest BCUT2D eigenvalue weighted by molar-refractivity contribution is 0.150. The second-order valence-electron chi connectivity index (χ2n) is 12.9. The van der Waals surface area contributed by atoms with Crippen LogP contribution in [0, 0.1) is 17.6 Å². The Morgan fingerprint density at radius 1 is 0.978 bits per heavy atom. The van der Waals surface area contributed by atoms with E-state index in [1.807, 2.05) is 6.20 Å². The van der Waals surface area contributed by atoms with Crippen molar-refractivity contribution in [1.29, 1.82) is 0 Å². The lowest BCUT2D eigenvalue weighted by atomic mass is 9.88. The zero-order valence-corrected chi connectivity index (χ0v) is 26.8. The molecule has 3 N–H and O–H groups in total. The summed E-state index contributed by atoms with van der Waals surface area (Å²) in [6, 6.07) is 14.3. The smallest absolute Gasteiger partial charge is 0.157 e. The van der Waals surface area contributed by atoms with Crippen molar-refractivity contribution in [2.75, 3.05) is 73.8 Å². The second kappa shape index (κ2) is 13.3. The average Bonchev–Trinajstić information content (AvgIpc) is 3.70. The molecule has 10 heteroatoms. The number of aromatic nitrogens is 1. The number of nitrogens with one attached hydrogen (secondary N) is 3. The number of piperidine rings is 1. The zero-order valence-electron chi connectivity index (χ0n) is 26.0. The van der Waals surface area contributed by atoms with Gasteiger partial charge in [0.1, 0.15) is 11.6 Å². The minimum Gasteiger partial charge on any atom is -0.371 e. The van der Waals surface area contributed by atoms with Crippen LogP contribution in [0.5, 0.6) is 0 Å². The number of fused-ring (bicyclic) bond motifs is 1. The van der Waals surface area contributed by atoms with Gasteiger partial charge in [0.15, 0.2) is 5.82 Å². The third-order valence-corrected chi connectivity index (χ3v) is 10.9. The molecule has 0 amide bonds. The summed E-state index contributed by atoms with van der Waals surface area (Å²) in [5.74, 6) is -0.153. The normalized spacial score (nSPS) is 22.8. The summed E-state index contributed by atoms with van der Waals surface area (Å²) in [6.45, 7) is 15.5. The summed E-state index contributed by atoms with van der Waals surface area (Å²) in [7, 11) is 0. The van der Waals surface area contributed by atoms with E-state index in [4.69, 9.17) is 0 Å². The Bertz CT molecular complexity index is 1520. The first-order valence-corrected chi connectivity index (χ1v) is 17.1. The molecule has 3 saturated heterocycles. The number of hydrogen-bond acceptors (Lipinski definition) is 8. The molecule has 2 unspecified atom stereocenters. The molecule has 2 atom stereocenters. The first-order valence-electron chi connectivity index (χ1n) is 16.3. The van der Waals surface area contributed by atoms with Crippen molar-refractivity contribution in [3.05, 3.63) is 78.0 Å². The van der Waals surface area contributed by atoms with E-state index >= 15 is 8.78 Å². The van der Waals surface area contributed by atoms with Gasteiger partial charge in [0, 0.05) is 106 Å². The Hall–Kier alpha value is -3.18. The van der Waals surface area contributed by atoms with Crippen LogP contribution in [0.4, 0.5) is 26.0 Å². The molecule has 7 rings (SSSR count). The van der Waals surface area contributed by atoms with Crippen LogP contribution in [-0.4, -0.2) is 79.1 Å². The fourth-order valence-electron chi connectivity index (χ4n) is 7.26. The SMILES string of the molecule is C=C(c1c(F)ccc(NSN2CCC(C)C2)c1F)C1CNc2ncc(-c3ccc(N4CCC(N5CCNCC5)CC4)cc3)cc21. The van der Waals surface area contributed by atoms with Crippen LogP contribution >= 0.6 is 12.1 Å². The van der Waals surface area contributed by atoms with Crippen molar-refractivity contribution < 1.29 is 8.78 Å². The van der Waals surface area contributed by atoms with E-state index in [1.165, 1.54) is 42.8 Å². The Kier molecular flexibility index (Phi) is 8.99. The lowest BCUT2D eigenvalue weighted by Crippen LogP contribution is -2.52. The van der Waals surface area contributed by atoms with Crippen molar-refractivity contribution >= 4 is 34.9 Å². The van der Waals surface area contributed by atoms with Crippen LogP contribution in [0.25, 0.3) is 16.7 Å². The lowest BCUT2D eigenvalue weighted by Gasteiger charge is -2.41. The van der Waals surface area contributed by atoms with Crippen LogP contribution in [-0.2, 0) is 0 Å². The fraction of sp³-hybridized carbons (Fsp3) is 0.457. The fourth-order valence-corrected chi connectivity index (χ4v) is 8.18. The summed E-state index contributed by atoms with van der Waals surface area (Å²) in [4.78, 5) is 9.83. The van der Waals surface area contributed by atoms with E-state index in [0.717, 1.165) is 81.3 Å². The van der Waals surface area contributed by atoms with Gasteiger partial charge in [-0.15, -0.1) is 0 Å². The molecule has 0 saturated carbocycles. The van der Waals surface area contributed by atoms with E-state index in [-0.39, 0.29) is 17.2 Å². The third kappa shape index (κ3) is 6.43. The molecule has 4 aliphatic rings. The van der Waals surface area contributed by atoms with Crippen LogP contribution in [0.15, 0.2) is 55.2 Å². The number of halogens is 2. The van der Waals surface area contributed by atoms with Crippen LogP contribution in [0.3, 0.4) is 0 Å². The van der Waals surface area contributed by atoms with E-state index in [2.05, 4.69) is 78.3 Å². The minimum absolute atomic E-state index is 0.0643. The molecular weight excluding hydrogens is 588 g/mol. The highest BCUT2D eigenvalue weighted by Crippen LogP contribution is 2.43. The number of nitrogens with zero attached hydrogens (tertiary/aromatic N) is 4. The summed E-state index contributed by atoms with van der Waals surface area (Å²) < 4.78 is 36.2. The minimum atomic E-state index is -0.607. The number of pyridine rings is 1. The van der Waals surface area contributed by atoms with Gasteiger partial charge >= 0.3 is 0 Å². The first kappa shape index (κ1) is 30.5. The average molecular weight is 632 g/mol. The van der Waals surface area contributed by atoms with Gasteiger partial charge in [-0.05, 0) is 66.6 Å². The van der Waals surface area contributed by atoms with E-state index in [1.54, 1.807) is 0 Å². The van der Waals surface area contributed by atoms with Crippen LogP contribution < -0.4 is 20.3 Å². The molecule has 0 radical (unpaired) electrons. The Morgan fingerprint density at radius 3 is 2.49 bits per heavy atom. The van der Waals surface area contributed by atoms with Gasteiger partial charge in [-0.3, -0.25) is 4.90 Å². The van der Waals surface area contributed by atoms with Crippen molar-refractivity contribution in [2.24, 2.45) is 5.92 Å². The largest absolute Gasteiger partial charge is 0.371 e. The quantitative estimate of drug-likeness (QED) is 0.246. The predicted molar refractivity (Wildman–Crippen MR) is 183 cm³/mol.